The second-order valence-electron chi connectivity index (χ2n) is 24.6. The van der Waals surface area contributed by atoms with Gasteiger partial charge in [0.05, 0.1) is 112 Å². The first-order valence-corrected chi connectivity index (χ1v) is 30.3. The number of carbonyl (C=O) groups is 1. The molecule has 0 spiro atoms. The highest BCUT2D eigenvalue weighted by atomic mass is 16.8. The fourth-order valence-electron chi connectivity index (χ4n) is 12.6. The Morgan fingerprint density at radius 3 is 1.41 bits per heavy atom. The number of ether oxygens (including phenoxy) is 6. The molecule has 7 rings (SSSR count). The van der Waals surface area contributed by atoms with E-state index in [1.165, 1.54) is 19.9 Å². The van der Waals surface area contributed by atoms with Crippen LogP contribution in [-0.4, -0.2) is 420 Å². The predicted octanol–water partition coefficient (Wildman–Crippen LogP) is -17.7. The number of aldehydes is 1. The van der Waals surface area contributed by atoms with E-state index in [-0.39, 0.29) is 13.7 Å². The van der Waals surface area contributed by atoms with Crippen LogP contribution in [0, 0.1) is 23.7 Å². The highest BCUT2D eigenvalue weighted by Gasteiger charge is 2.57. The molecule has 0 aromatic rings. The lowest BCUT2D eigenvalue weighted by Crippen LogP contribution is -2.71. The quantitative estimate of drug-likeness (QED) is 0.0375. The Balaban J connectivity index is 0.000000402. The maximum atomic E-state index is 11.1. The molecule has 39 nitrogen and oxygen atoms in total. The van der Waals surface area contributed by atoms with Crippen LogP contribution in [0.4, 0.5) is 0 Å². The molecule has 0 aromatic heterocycles. The van der Waals surface area contributed by atoms with Gasteiger partial charge in [-0.15, -0.1) is 0 Å². The van der Waals surface area contributed by atoms with Crippen molar-refractivity contribution in [1.82, 2.24) is 10.6 Å². The summed E-state index contributed by atoms with van der Waals surface area (Å²) in [6, 6.07) is -5.58. The van der Waals surface area contributed by atoms with Gasteiger partial charge in [-0.3, -0.25) is 0 Å². The zero-order valence-corrected chi connectivity index (χ0v) is 50.7. The number of aliphatic hydroxyl groups excluding tert-OH is 29. The van der Waals surface area contributed by atoms with Crippen LogP contribution < -0.4 is 16.4 Å². The molecule has 41 atom stereocenters. The fourth-order valence-corrected chi connectivity index (χ4v) is 12.6. The molecule has 3 saturated heterocycles. The number of aliphatic hydroxyl groups is 29. The molecule has 3 saturated carbocycles. The van der Waals surface area contributed by atoms with Gasteiger partial charge < -0.3 is 198 Å². The van der Waals surface area contributed by atoms with Gasteiger partial charge in [-0.05, 0) is 24.8 Å². The standard InChI is InChI=1S/C32H57NO23.C15H27NO8.C7H15NO5.CH4/c1-8-10(3-34)18(42)16(21(45)17(8)41)33-15-9(2)51-30(24(48)20(15)44)55-28-13(6-37)53-32(26(50)23(28)47)56-29-14(7-38)52-31(25(49)22(29)46)54-27(12(40)5-36)19(43)11(39)4-35;1-2-5-3-7(12(21)14(23)9(5)18)16-8-10(19)6(4-17)11(20)15(24)13(8)22;8-3-4(10)2(1-9)5(11)7(13)6(3)12;/h4,8-34,36-50H,3,5-7H2,1-2H3;3,6-24H,2,4H2,1H3;2-7,9-13H,1,8H2;1H4. The van der Waals surface area contributed by atoms with Gasteiger partial charge in [0.2, 0.25) is 0 Å². The van der Waals surface area contributed by atoms with Crippen molar-refractivity contribution in [3.63, 3.8) is 0 Å². The van der Waals surface area contributed by atoms with Crippen molar-refractivity contribution < 1.29 is 181 Å². The molecule has 3 aliphatic heterocycles. The minimum Gasteiger partial charge on any atom is -0.396 e. The van der Waals surface area contributed by atoms with Gasteiger partial charge in [-0.25, -0.2) is 0 Å². The average molecular weight is 1380 g/mol. The third kappa shape index (κ3) is 18.1. The van der Waals surface area contributed by atoms with Gasteiger partial charge in [0.15, 0.2) is 25.2 Å². The summed E-state index contributed by atoms with van der Waals surface area (Å²) in [6.45, 7) is 0.156. The smallest absolute Gasteiger partial charge is 0.187 e. The van der Waals surface area contributed by atoms with Gasteiger partial charge in [0.25, 0.3) is 0 Å². The minimum atomic E-state index is -2.16. The first-order chi connectivity index (χ1) is 43.6. The zero-order valence-electron chi connectivity index (χ0n) is 50.7. The normalized spacial score (nSPS) is 48.8. The Hall–Kier alpha value is -2.11. The number of rotatable bonds is 21. The second-order valence-corrected chi connectivity index (χ2v) is 24.6. The fraction of sp³-hybridized carbons (Fsp3) is 0.945. The van der Waals surface area contributed by atoms with Crippen LogP contribution in [0.5, 0.6) is 0 Å². The second kappa shape index (κ2) is 37.0. The van der Waals surface area contributed by atoms with Crippen molar-refractivity contribution in [3.8, 4) is 0 Å². The van der Waals surface area contributed by atoms with Gasteiger partial charge >= 0.3 is 0 Å². The van der Waals surface area contributed by atoms with Crippen LogP contribution >= 0.6 is 0 Å². The molecule has 6 fully saturated rings. The van der Waals surface area contributed by atoms with E-state index in [9.17, 15) is 148 Å². The minimum absolute atomic E-state index is 0. The van der Waals surface area contributed by atoms with E-state index in [4.69, 9.17) is 39.3 Å². The first-order valence-electron chi connectivity index (χ1n) is 30.3. The molecule has 554 valence electrons. The SMILES string of the molecule is C.CC1OC(OC2C(CO)OC(OC3C(CO)OC(OC(C(O)CO)C(O)C(O)C=O)C(O)C3O)C(O)C2O)C(O)C(O)C1NC1C(O)C(O)C(C)C(CO)C1O.CCC1=CC(NC2C(O)C(O)C(O)C(CO)C2O)C(O)C(O)C1O.NC1C(O)C(O)C(O)C(CO)C1O. The number of hydrogen-bond acceptors (Lipinski definition) is 39. The third-order valence-corrected chi connectivity index (χ3v) is 18.8. The summed E-state index contributed by atoms with van der Waals surface area (Å²) in [4.78, 5) is 11.0. The molecule has 94 heavy (non-hydrogen) atoms. The number of hydrogen-bond donors (Lipinski definition) is 32. The van der Waals surface area contributed by atoms with Gasteiger partial charge in [0.1, 0.15) is 128 Å². The molecule has 39 heteroatoms. The molecule has 0 aromatic carbocycles. The van der Waals surface area contributed by atoms with Crippen molar-refractivity contribution in [1.29, 1.82) is 0 Å². The van der Waals surface area contributed by atoms with Crippen LogP contribution in [0.25, 0.3) is 0 Å². The highest BCUT2D eigenvalue weighted by molar-refractivity contribution is 5.56. The van der Waals surface area contributed by atoms with Gasteiger partial charge in [-0.2, -0.15) is 0 Å². The van der Waals surface area contributed by atoms with Gasteiger partial charge in [-0.1, -0.05) is 27.4 Å². The Bertz CT molecular complexity index is 2230. The summed E-state index contributed by atoms with van der Waals surface area (Å²) in [5, 5.41) is 298. The lowest BCUT2D eigenvalue weighted by atomic mass is 9.72. The van der Waals surface area contributed by atoms with E-state index < -0.39 is 289 Å². The maximum absolute atomic E-state index is 11.1. The number of carbonyl (C=O) groups excluding carboxylic acids is 1. The lowest BCUT2D eigenvalue weighted by molar-refractivity contribution is -0.380. The van der Waals surface area contributed by atoms with Crippen molar-refractivity contribution >= 4 is 6.29 Å². The number of nitrogens with two attached hydrogens (primary N) is 1. The molecule has 7 aliphatic rings. The summed E-state index contributed by atoms with van der Waals surface area (Å²) in [6.07, 6.45) is -51.5. The predicted molar refractivity (Wildman–Crippen MR) is 307 cm³/mol. The van der Waals surface area contributed by atoms with E-state index in [1.807, 2.05) is 0 Å². The summed E-state index contributed by atoms with van der Waals surface area (Å²) in [5.41, 5.74) is 5.85. The zero-order chi connectivity index (χ0) is 70.3. The molecule has 41 unspecified atom stereocenters. The molecule has 4 aliphatic carbocycles. The highest BCUT2D eigenvalue weighted by Crippen LogP contribution is 2.37. The van der Waals surface area contributed by atoms with E-state index >= 15 is 0 Å². The Labute approximate surface area is 538 Å². The average Bonchev–Trinajstić information content (AvgIpc) is 0.801. The van der Waals surface area contributed by atoms with Crippen LogP contribution in [0.3, 0.4) is 0 Å². The van der Waals surface area contributed by atoms with E-state index in [0.29, 0.717) is 12.0 Å². The van der Waals surface area contributed by atoms with E-state index in [0.717, 1.165) is 0 Å². The van der Waals surface area contributed by atoms with Crippen molar-refractivity contribution in [2.75, 3.05) is 39.6 Å². The molecule has 3 heterocycles. The van der Waals surface area contributed by atoms with Crippen LogP contribution in [0.1, 0.15) is 34.6 Å². The molecule has 0 bridgehead atoms. The Morgan fingerprint density at radius 2 is 0.926 bits per heavy atom. The van der Waals surface area contributed by atoms with Crippen molar-refractivity contribution in [3.05, 3.63) is 11.6 Å². The number of nitrogens with one attached hydrogen (secondary N) is 2. The summed E-state index contributed by atoms with van der Waals surface area (Å²) < 4.78 is 33.4. The van der Waals surface area contributed by atoms with Crippen molar-refractivity contribution in [2.24, 2.45) is 29.4 Å². The van der Waals surface area contributed by atoms with E-state index in [2.05, 4.69) is 10.6 Å². The maximum Gasteiger partial charge on any atom is 0.187 e. The van der Waals surface area contributed by atoms with Crippen molar-refractivity contribution in [2.45, 2.75) is 261 Å². The third-order valence-electron chi connectivity index (χ3n) is 18.8. The topological polar surface area (TPSA) is 709 Å². The Kier molecular flexibility index (Phi) is 33.2. The van der Waals surface area contributed by atoms with E-state index in [1.54, 1.807) is 6.92 Å². The van der Waals surface area contributed by atoms with Crippen LogP contribution in [-0.2, 0) is 33.2 Å². The molecular formula is C55H103N3O36. The Morgan fingerprint density at radius 1 is 0.489 bits per heavy atom. The molecule has 0 amide bonds. The van der Waals surface area contributed by atoms with Crippen LogP contribution in [0.2, 0.25) is 0 Å². The first kappa shape index (κ1) is 84.3. The van der Waals surface area contributed by atoms with Crippen LogP contribution in [0.15, 0.2) is 11.6 Å². The summed E-state index contributed by atoms with van der Waals surface area (Å²) in [7, 11) is 0. The monoisotopic (exact) mass is 1380 g/mol. The lowest BCUT2D eigenvalue weighted by Gasteiger charge is -2.50. The summed E-state index contributed by atoms with van der Waals surface area (Å²) in [5.74, 6) is -3.52. The molecule has 33 N–H and O–H groups in total. The summed E-state index contributed by atoms with van der Waals surface area (Å²) >= 11 is 0. The molecular weight excluding hydrogens is 1280 g/mol. The largest absolute Gasteiger partial charge is 0.396 e. The molecule has 0 radical (unpaired) electrons. The van der Waals surface area contributed by atoms with Gasteiger partial charge in [0, 0.05) is 24.4 Å².